The molecule has 0 bridgehead atoms. The lowest BCUT2D eigenvalue weighted by Gasteiger charge is -2.36. The number of nitrogens with zero attached hydrogens (tertiary/aromatic N) is 2. The Morgan fingerprint density at radius 3 is 2.43 bits per heavy atom. The number of hydrogen-bond acceptors (Lipinski definition) is 6. The molecule has 1 aliphatic rings. The lowest BCUT2D eigenvalue weighted by Crippen LogP contribution is -2.45. The van der Waals surface area contributed by atoms with Gasteiger partial charge in [0.05, 0.1) is 19.3 Å². The molecule has 1 fully saturated rings. The molecular weight excluding hydrogens is 290 g/mol. The zero-order chi connectivity index (χ0) is 15.7. The highest BCUT2D eigenvalue weighted by molar-refractivity contribution is 7.19. The molecule has 7 heteroatoms. The first-order valence-corrected chi connectivity index (χ1v) is 7.75. The molecule has 118 valence electrons. The van der Waals surface area contributed by atoms with Crippen molar-refractivity contribution in [2.45, 2.75) is 26.1 Å². The van der Waals surface area contributed by atoms with Crippen LogP contribution in [0.5, 0.6) is 5.75 Å². The summed E-state index contributed by atoms with van der Waals surface area (Å²) in [5.41, 5.74) is 6.53. The van der Waals surface area contributed by atoms with Gasteiger partial charge in [-0.1, -0.05) is 0 Å². The summed E-state index contributed by atoms with van der Waals surface area (Å²) in [6.45, 7) is 5.60. The Bertz CT molecular complexity index is 520. The number of amides is 1. The van der Waals surface area contributed by atoms with Gasteiger partial charge in [0.2, 0.25) is 0 Å². The van der Waals surface area contributed by atoms with Gasteiger partial charge in [0, 0.05) is 27.2 Å². The van der Waals surface area contributed by atoms with E-state index < -0.39 is 0 Å². The van der Waals surface area contributed by atoms with E-state index in [1.54, 1.807) is 21.2 Å². The predicted octanol–water partition coefficient (Wildman–Crippen LogP) is 1.65. The number of carbonyl (C=O) groups excluding carboxylic acids is 1. The normalized spacial score (nSPS) is 22.2. The lowest BCUT2D eigenvalue weighted by atomic mass is 10.2. The van der Waals surface area contributed by atoms with Crippen LogP contribution < -0.4 is 15.4 Å². The molecule has 2 unspecified atom stereocenters. The second-order valence-corrected chi connectivity index (χ2v) is 6.54. The summed E-state index contributed by atoms with van der Waals surface area (Å²) >= 11 is 1.39. The maximum absolute atomic E-state index is 12.2. The van der Waals surface area contributed by atoms with Crippen molar-refractivity contribution in [3.63, 3.8) is 0 Å². The highest BCUT2D eigenvalue weighted by Crippen LogP contribution is 2.45. The number of methoxy groups -OCH3 is 1. The number of carbonyl (C=O) groups is 1. The summed E-state index contributed by atoms with van der Waals surface area (Å²) in [7, 11) is 5.01. The SMILES string of the molecule is COc1c(N2CC(C)OC(C)C2)sc(C(=O)N(C)C)c1N. The van der Waals surface area contributed by atoms with Crippen LogP contribution in [-0.4, -0.2) is 57.3 Å². The Hall–Kier alpha value is -1.47. The quantitative estimate of drug-likeness (QED) is 0.919. The zero-order valence-electron chi connectivity index (χ0n) is 13.2. The van der Waals surface area contributed by atoms with E-state index in [-0.39, 0.29) is 18.1 Å². The minimum absolute atomic E-state index is 0.101. The maximum atomic E-state index is 12.2. The van der Waals surface area contributed by atoms with Crippen LogP contribution in [0.25, 0.3) is 0 Å². The molecule has 0 radical (unpaired) electrons. The van der Waals surface area contributed by atoms with Crippen molar-refractivity contribution in [2.24, 2.45) is 0 Å². The Kier molecular flexibility index (Phi) is 4.63. The van der Waals surface area contributed by atoms with Crippen molar-refractivity contribution >= 4 is 27.9 Å². The van der Waals surface area contributed by atoms with Gasteiger partial charge in [0.15, 0.2) is 5.75 Å². The first-order valence-electron chi connectivity index (χ1n) is 6.93. The third-order valence-electron chi connectivity index (χ3n) is 3.39. The fourth-order valence-corrected chi connectivity index (χ4v) is 3.76. The minimum Gasteiger partial charge on any atom is -0.492 e. The first-order chi connectivity index (χ1) is 9.85. The van der Waals surface area contributed by atoms with Crippen molar-refractivity contribution in [1.29, 1.82) is 0 Å². The average molecular weight is 313 g/mol. The van der Waals surface area contributed by atoms with Gasteiger partial charge in [-0.3, -0.25) is 4.79 Å². The number of rotatable bonds is 3. The number of morpholine rings is 1. The summed E-state index contributed by atoms with van der Waals surface area (Å²) in [4.78, 5) is 16.5. The van der Waals surface area contributed by atoms with Gasteiger partial charge in [0.1, 0.15) is 15.6 Å². The van der Waals surface area contributed by atoms with Crippen LogP contribution in [0.3, 0.4) is 0 Å². The van der Waals surface area contributed by atoms with Gasteiger partial charge in [-0.2, -0.15) is 0 Å². The van der Waals surface area contributed by atoms with Gasteiger partial charge in [0.25, 0.3) is 5.91 Å². The standard InChI is InChI=1S/C14H23N3O3S/c1-8-6-17(7-9(2)20-8)14-11(19-5)10(15)12(21-14)13(18)16(3)4/h8-9H,6-7,15H2,1-5H3. The molecule has 1 aromatic heterocycles. The van der Waals surface area contributed by atoms with Gasteiger partial charge in [-0.15, -0.1) is 11.3 Å². The smallest absolute Gasteiger partial charge is 0.265 e. The van der Waals surface area contributed by atoms with Gasteiger partial charge in [-0.05, 0) is 13.8 Å². The third kappa shape index (κ3) is 3.08. The zero-order valence-corrected chi connectivity index (χ0v) is 14.0. The van der Waals surface area contributed by atoms with Gasteiger partial charge < -0.3 is 25.0 Å². The Morgan fingerprint density at radius 1 is 1.38 bits per heavy atom. The van der Waals surface area contributed by atoms with E-state index in [9.17, 15) is 4.79 Å². The van der Waals surface area contributed by atoms with Crippen LogP contribution in [0.2, 0.25) is 0 Å². The summed E-state index contributed by atoms with van der Waals surface area (Å²) in [6.07, 6.45) is 0.268. The van der Waals surface area contributed by atoms with E-state index in [0.29, 0.717) is 16.3 Å². The van der Waals surface area contributed by atoms with E-state index in [4.69, 9.17) is 15.2 Å². The van der Waals surface area contributed by atoms with Crippen LogP contribution in [0.1, 0.15) is 23.5 Å². The summed E-state index contributed by atoms with van der Waals surface area (Å²) in [5.74, 6) is 0.489. The van der Waals surface area contributed by atoms with E-state index in [1.807, 2.05) is 13.8 Å². The molecule has 0 spiro atoms. The van der Waals surface area contributed by atoms with Crippen LogP contribution in [0, 0.1) is 0 Å². The summed E-state index contributed by atoms with van der Waals surface area (Å²) in [6, 6.07) is 0. The number of thiophene rings is 1. The van der Waals surface area contributed by atoms with E-state index in [0.717, 1.165) is 18.1 Å². The number of nitrogens with two attached hydrogens (primary N) is 1. The molecule has 0 aromatic carbocycles. The van der Waals surface area contributed by atoms with Crippen LogP contribution in [0.15, 0.2) is 0 Å². The highest BCUT2D eigenvalue weighted by atomic mass is 32.1. The minimum atomic E-state index is -0.101. The van der Waals surface area contributed by atoms with Crippen molar-refractivity contribution < 1.29 is 14.3 Å². The molecule has 2 atom stereocenters. The second kappa shape index (κ2) is 6.11. The first kappa shape index (κ1) is 15.9. The fraction of sp³-hybridized carbons (Fsp3) is 0.643. The monoisotopic (exact) mass is 313 g/mol. The number of nitrogen functional groups attached to an aromatic ring is 1. The van der Waals surface area contributed by atoms with Crippen molar-refractivity contribution in [2.75, 3.05) is 44.9 Å². The molecular formula is C14H23N3O3S. The number of ether oxygens (including phenoxy) is 2. The predicted molar refractivity (Wildman–Crippen MR) is 85.5 cm³/mol. The number of anilines is 2. The molecule has 21 heavy (non-hydrogen) atoms. The Balaban J connectivity index is 2.39. The van der Waals surface area contributed by atoms with Crippen molar-refractivity contribution in [3.05, 3.63) is 4.88 Å². The lowest BCUT2D eigenvalue weighted by molar-refractivity contribution is -0.00510. The molecule has 2 N–H and O–H groups in total. The van der Waals surface area contributed by atoms with E-state index >= 15 is 0 Å². The van der Waals surface area contributed by atoms with Crippen LogP contribution >= 0.6 is 11.3 Å². The molecule has 2 rings (SSSR count). The second-order valence-electron chi connectivity index (χ2n) is 5.55. The third-order valence-corrected chi connectivity index (χ3v) is 4.63. The van der Waals surface area contributed by atoms with E-state index in [1.165, 1.54) is 16.2 Å². The topological polar surface area (TPSA) is 68.0 Å². The van der Waals surface area contributed by atoms with Crippen molar-refractivity contribution in [3.8, 4) is 5.75 Å². The van der Waals surface area contributed by atoms with Crippen LogP contribution in [-0.2, 0) is 4.74 Å². The Morgan fingerprint density at radius 2 is 1.95 bits per heavy atom. The molecule has 1 aliphatic heterocycles. The largest absolute Gasteiger partial charge is 0.492 e. The molecule has 1 saturated heterocycles. The average Bonchev–Trinajstić information content (AvgIpc) is 2.73. The van der Waals surface area contributed by atoms with Crippen LogP contribution in [0.4, 0.5) is 10.7 Å². The van der Waals surface area contributed by atoms with Gasteiger partial charge >= 0.3 is 0 Å². The molecule has 0 aliphatic carbocycles. The molecule has 6 nitrogen and oxygen atoms in total. The van der Waals surface area contributed by atoms with E-state index in [2.05, 4.69) is 4.90 Å². The fourth-order valence-electron chi connectivity index (χ4n) is 2.53. The molecule has 2 heterocycles. The summed E-state index contributed by atoms with van der Waals surface area (Å²) < 4.78 is 11.2. The summed E-state index contributed by atoms with van der Waals surface area (Å²) in [5, 5.41) is 0.905. The maximum Gasteiger partial charge on any atom is 0.265 e. The highest BCUT2D eigenvalue weighted by Gasteiger charge is 2.30. The van der Waals surface area contributed by atoms with Gasteiger partial charge in [-0.25, -0.2) is 0 Å². The Labute approximate surface area is 129 Å². The molecule has 0 saturated carbocycles. The number of hydrogen-bond donors (Lipinski definition) is 1. The van der Waals surface area contributed by atoms with Crippen molar-refractivity contribution in [1.82, 2.24) is 4.90 Å². The molecule has 1 aromatic rings. The molecule has 1 amide bonds.